The number of rotatable bonds is 7. The van der Waals surface area contributed by atoms with E-state index >= 15 is 0 Å². The quantitative estimate of drug-likeness (QED) is 0.538. The molecule has 2 N–H and O–H groups in total. The Morgan fingerprint density at radius 2 is 1.63 bits per heavy atom. The molecule has 0 aromatic heterocycles. The first-order valence-electron chi connectivity index (χ1n) is 11.0. The number of aryl methyl sites for hydroxylation is 1. The molecule has 0 aliphatic heterocycles. The van der Waals surface area contributed by atoms with Gasteiger partial charge >= 0.3 is 0 Å². The number of hydrogen-bond acceptors (Lipinski definition) is 7. The predicted molar refractivity (Wildman–Crippen MR) is 133 cm³/mol. The third-order valence-corrected chi connectivity index (χ3v) is 7.18. The van der Waals surface area contributed by atoms with E-state index in [1.807, 2.05) is 58.0 Å². The Morgan fingerprint density at radius 1 is 0.914 bits per heavy atom. The van der Waals surface area contributed by atoms with Gasteiger partial charge in [-0.15, -0.1) is 0 Å². The number of anilines is 1. The van der Waals surface area contributed by atoms with E-state index < -0.39 is 30.0 Å². The van der Waals surface area contributed by atoms with E-state index in [2.05, 4.69) is 10.3 Å². The molecule has 0 heterocycles. The highest BCUT2D eigenvalue weighted by molar-refractivity contribution is 7.86. The van der Waals surface area contributed by atoms with E-state index in [1.165, 1.54) is 6.07 Å². The Bertz CT molecular complexity index is 1500. The van der Waals surface area contributed by atoms with E-state index in [4.69, 9.17) is 0 Å². The zero-order valence-corrected chi connectivity index (χ0v) is 21.5. The summed E-state index contributed by atoms with van der Waals surface area (Å²) < 4.78 is 71.6. The van der Waals surface area contributed by atoms with Crippen LogP contribution in [-0.2, 0) is 20.2 Å². The minimum Gasteiger partial charge on any atom is -0.744 e. The molecule has 8 nitrogen and oxygen atoms in total. The summed E-state index contributed by atoms with van der Waals surface area (Å²) >= 11 is 0. The summed E-state index contributed by atoms with van der Waals surface area (Å²) in [6.45, 7) is 8.97. The van der Waals surface area contributed by atoms with Crippen LogP contribution in [0.5, 0.6) is 0 Å². The molecule has 10 heteroatoms. The average molecular weight is 516 g/mol. The van der Waals surface area contributed by atoms with Crippen LogP contribution >= 0.6 is 0 Å². The number of allylic oxidation sites excluding steroid dienone is 5. The van der Waals surface area contributed by atoms with Crippen molar-refractivity contribution in [2.24, 2.45) is 0 Å². The lowest BCUT2D eigenvalue weighted by Crippen LogP contribution is -2.72. The topological polar surface area (TPSA) is 140 Å². The zero-order valence-electron chi connectivity index (χ0n) is 19.9. The molecule has 0 saturated carbocycles. The Labute approximate surface area is 206 Å². The minimum atomic E-state index is -5.15. The standard InChI is InChI=1S/C25H28N2O6S2/c1-5-26-22-12-8-18(14-17(22)4)25(21-13-16(3)7-11-23(21)27-6-2)20-10-9-19(34(28,29)30)15-24(20)35(31,32)33/h7-15,27H,5-6H2,1-4H3,(H,28,29,30)(H,31,32,33)/p-1/b25-18-,26-22?. The molecule has 0 bridgehead atoms. The van der Waals surface area contributed by atoms with Gasteiger partial charge in [-0.3, -0.25) is 0 Å². The second-order valence-corrected chi connectivity index (χ2v) is 10.8. The second-order valence-electron chi connectivity index (χ2n) is 8.08. The van der Waals surface area contributed by atoms with Crippen molar-refractivity contribution in [3.63, 3.8) is 0 Å². The van der Waals surface area contributed by atoms with E-state index in [9.17, 15) is 25.9 Å². The first-order valence-corrected chi connectivity index (χ1v) is 13.8. The number of nitrogens with one attached hydrogen (secondary N) is 2. The van der Waals surface area contributed by atoms with Gasteiger partial charge in [0.1, 0.15) is 26.8 Å². The van der Waals surface area contributed by atoms with E-state index in [1.54, 1.807) is 6.08 Å². The highest BCUT2D eigenvalue weighted by atomic mass is 32.2. The molecule has 0 fully saturated rings. The molecule has 0 saturated heterocycles. The first-order chi connectivity index (χ1) is 16.4. The molecule has 1 aliphatic rings. The summed E-state index contributed by atoms with van der Waals surface area (Å²) in [6.07, 6.45) is 5.53. The molecule has 0 radical (unpaired) electrons. The number of hydrogen-bond donors (Lipinski definition) is 2. The largest absolute Gasteiger partial charge is 0.744 e. The summed E-state index contributed by atoms with van der Waals surface area (Å²) in [4.78, 5) is 1.69. The maximum absolute atomic E-state index is 12.3. The highest BCUT2D eigenvalue weighted by Crippen LogP contribution is 2.38. The van der Waals surface area contributed by atoms with Gasteiger partial charge in [0.25, 0.3) is 0 Å². The summed E-state index contributed by atoms with van der Waals surface area (Å²) in [6, 6.07) is 8.49. The normalized spacial score (nSPS) is 16.9. The summed E-state index contributed by atoms with van der Waals surface area (Å²) in [7, 11) is -10.1. The van der Waals surface area contributed by atoms with E-state index in [0.717, 1.165) is 22.9 Å². The van der Waals surface area contributed by atoms with Crippen molar-refractivity contribution in [1.82, 2.24) is 0 Å². The Balaban J connectivity index is 2.49. The van der Waals surface area contributed by atoms with Crippen molar-refractivity contribution in [2.75, 3.05) is 18.4 Å². The van der Waals surface area contributed by atoms with Crippen LogP contribution in [0, 0.1) is 6.92 Å². The van der Waals surface area contributed by atoms with Crippen LogP contribution in [0.25, 0.3) is 5.57 Å². The molecular formula is C25H27N2O6S2-. The van der Waals surface area contributed by atoms with E-state index in [0.29, 0.717) is 41.6 Å². The Morgan fingerprint density at radius 3 is 2.20 bits per heavy atom. The van der Waals surface area contributed by atoms with Gasteiger partial charge in [-0.25, -0.2) is 21.8 Å². The molecule has 0 spiro atoms. The van der Waals surface area contributed by atoms with Crippen LogP contribution < -0.4 is 10.3 Å². The lowest BCUT2D eigenvalue weighted by Gasteiger charge is -2.23. The first kappa shape index (κ1) is 26.6. The fraction of sp³-hybridized carbons (Fsp3) is 0.240. The van der Waals surface area contributed by atoms with E-state index in [-0.39, 0.29) is 5.56 Å². The molecule has 0 atom stereocenters. The van der Waals surface area contributed by atoms with Crippen LogP contribution in [0.4, 0.5) is 5.69 Å². The molecule has 35 heavy (non-hydrogen) atoms. The predicted octanol–water partition coefficient (Wildman–Crippen LogP) is 2.09. The van der Waals surface area contributed by atoms with Crippen molar-refractivity contribution in [3.8, 4) is 0 Å². The summed E-state index contributed by atoms with van der Waals surface area (Å²) in [5.74, 6) is 0. The van der Waals surface area contributed by atoms with Crippen LogP contribution in [0.3, 0.4) is 0 Å². The van der Waals surface area contributed by atoms with Crippen LogP contribution in [0.2, 0.25) is 0 Å². The third kappa shape index (κ3) is 5.96. The Kier molecular flexibility index (Phi) is 7.80. The summed E-state index contributed by atoms with van der Waals surface area (Å²) in [5, 5.41) is 3.26. The maximum Gasteiger partial charge on any atom is 0.201 e. The maximum atomic E-state index is 12.3. The zero-order chi connectivity index (χ0) is 26.0. The molecule has 186 valence electrons. The van der Waals surface area contributed by atoms with Crippen molar-refractivity contribution in [1.29, 1.82) is 0 Å². The fourth-order valence-corrected chi connectivity index (χ4v) is 5.23. The molecule has 1 aliphatic carbocycles. The smallest absolute Gasteiger partial charge is 0.201 e. The summed E-state index contributed by atoms with van der Waals surface area (Å²) in [5.41, 5.74) is 5.07. The second kappa shape index (κ2) is 10.3. The number of benzene rings is 2. The van der Waals surface area contributed by atoms with Crippen molar-refractivity contribution < 1.29 is 30.9 Å². The van der Waals surface area contributed by atoms with Gasteiger partial charge < -0.3 is 14.4 Å². The van der Waals surface area contributed by atoms with Gasteiger partial charge in [-0.2, -0.15) is 0 Å². The minimum absolute atomic E-state index is 0.00718. The molecule has 2 aromatic rings. The molecule has 2 aromatic carbocycles. The fourth-order valence-electron chi connectivity index (χ4n) is 3.95. The Hall–Kier alpha value is -3.05. The highest BCUT2D eigenvalue weighted by Gasteiger charge is 2.23. The van der Waals surface area contributed by atoms with Gasteiger partial charge in [-0.05, 0) is 75.3 Å². The lowest BCUT2D eigenvalue weighted by atomic mass is 9.87. The van der Waals surface area contributed by atoms with Gasteiger partial charge in [0.15, 0.2) is 0 Å². The molecule has 0 unspecified atom stereocenters. The SMILES string of the molecule is CCNc1ccc(C)cc1/C(=C1/C=CC(=[NH+]CC)C(C)=C1)c1ccc(S(=O)(=O)[O-])cc1S(=O)(=O)[O-]. The lowest BCUT2D eigenvalue weighted by molar-refractivity contribution is -0.451. The van der Waals surface area contributed by atoms with Gasteiger partial charge in [-0.1, -0.05) is 17.7 Å². The van der Waals surface area contributed by atoms with Gasteiger partial charge in [0.05, 0.1) is 9.79 Å². The molecule has 0 amide bonds. The molecular weight excluding hydrogens is 488 g/mol. The molecule has 3 rings (SSSR count). The van der Waals surface area contributed by atoms with Crippen molar-refractivity contribution in [2.45, 2.75) is 37.5 Å². The monoisotopic (exact) mass is 515 g/mol. The van der Waals surface area contributed by atoms with Crippen molar-refractivity contribution >= 4 is 37.2 Å². The van der Waals surface area contributed by atoms with Gasteiger partial charge in [0, 0.05) is 35.0 Å². The van der Waals surface area contributed by atoms with Crippen LogP contribution in [-0.4, -0.2) is 44.7 Å². The average Bonchev–Trinajstić information content (AvgIpc) is 2.76. The van der Waals surface area contributed by atoms with Crippen LogP contribution in [0.1, 0.15) is 37.5 Å². The third-order valence-electron chi connectivity index (χ3n) is 5.47. The van der Waals surface area contributed by atoms with Crippen molar-refractivity contribution in [3.05, 3.63) is 82.5 Å². The van der Waals surface area contributed by atoms with Gasteiger partial charge in [0.2, 0.25) is 5.71 Å². The van der Waals surface area contributed by atoms with Crippen LogP contribution in [0.15, 0.2) is 75.6 Å².